The van der Waals surface area contributed by atoms with E-state index in [0.29, 0.717) is 5.69 Å². The molecule has 1 fully saturated rings. The third-order valence-electron chi connectivity index (χ3n) is 6.32. The standard InChI is InChI=1S/C22H30N4O/c1-15-14-26(2)13-12-17(15)9-6-16-7-10-18(11-8-16)23-22(27)21-19-4-3-5-20(19)24-25-21/h7-8,10-11,15,17H,3-6,9,12-14H2,1-2H3,(H,23,27)(H,24,25)/t15-,17+/m1/s1. The second-order valence-corrected chi connectivity index (χ2v) is 8.36. The van der Waals surface area contributed by atoms with E-state index < -0.39 is 0 Å². The maximum Gasteiger partial charge on any atom is 0.276 e. The van der Waals surface area contributed by atoms with Crippen molar-refractivity contribution in [3.05, 3.63) is 46.8 Å². The Labute approximate surface area is 161 Å². The molecule has 1 aromatic heterocycles. The maximum absolute atomic E-state index is 12.5. The molecule has 4 rings (SSSR count). The molecule has 1 saturated heterocycles. The van der Waals surface area contributed by atoms with Crippen molar-refractivity contribution in [2.45, 2.75) is 45.4 Å². The predicted molar refractivity (Wildman–Crippen MR) is 108 cm³/mol. The fourth-order valence-corrected chi connectivity index (χ4v) is 4.64. The lowest BCUT2D eigenvalue weighted by Crippen LogP contribution is -2.36. The van der Waals surface area contributed by atoms with Crippen molar-refractivity contribution in [1.82, 2.24) is 15.1 Å². The molecule has 0 spiro atoms. The Bertz CT molecular complexity index is 795. The van der Waals surface area contributed by atoms with E-state index in [2.05, 4.69) is 46.5 Å². The van der Waals surface area contributed by atoms with Crippen LogP contribution in [0.2, 0.25) is 0 Å². The quantitative estimate of drug-likeness (QED) is 0.849. The molecule has 5 nitrogen and oxygen atoms in total. The van der Waals surface area contributed by atoms with Gasteiger partial charge in [-0.1, -0.05) is 19.1 Å². The molecule has 1 aliphatic heterocycles. The molecule has 0 saturated carbocycles. The third-order valence-corrected chi connectivity index (χ3v) is 6.32. The lowest BCUT2D eigenvalue weighted by Gasteiger charge is -2.34. The number of aromatic nitrogens is 2. The molecule has 2 aliphatic rings. The van der Waals surface area contributed by atoms with Crippen LogP contribution in [-0.4, -0.2) is 41.1 Å². The highest BCUT2D eigenvalue weighted by Gasteiger charge is 2.24. The molecule has 2 N–H and O–H groups in total. The van der Waals surface area contributed by atoms with Crippen LogP contribution in [0.1, 0.15) is 53.5 Å². The number of fused-ring (bicyclic) bond motifs is 1. The van der Waals surface area contributed by atoms with Crippen LogP contribution in [0.25, 0.3) is 0 Å². The number of benzene rings is 1. The largest absolute Gasteiger partial charge is 0.321 e. The number of nitrogens with one attached hydrogen (secondary N) is 2. The first kappa shape index (κ1) is 18.2. The van der Waals surface area contributed by atoms with Gasteiger partial charge in [0.2, 0.25) is 0 Å². The Morgan fingerprint density at radius 1 is 1.30 bits per heavy atom. The predicted octanol–water partition coefficient (Wildman–Crippen LogP) is 3.67. The highest BCUT2D eigenvalue weighted by atomic mass is 16.1. The minimum atomic E-state index is -0.109. The van der Waals surface area contributed by atoms with Crippen molar-refractivity contribution in [3.63, 3.8) is 0 Å². The molecule has 2 atom stereocenters. The molecule has 1 aromatic carbocycles. The fraction of sp³-hybridized carbons (Fsp3) is 0.545. The number of aryl methyl sites for hydroxylation is 2. The Hall–Kier alpha value is -2.14. The monoisotopic (exact) mass is 366 g/mol. The number of rotatable bonds is 5. The van der Waals surface area contributed by atoms with Crippen LogP contribution in [0.15, 0.2) is 24.3 Å². The summed E-state index contributed by atoms with van der Waals surface area (Å²) in [7, 11) is 2.22. The van der Waals surface area contributed by atoms with Gasteiger partial charge in [-0.25, -0.2) is 0 Å². The molecule has 5 heteroatoms. The highest BCUT2D eigenvalue weighted by Crippen LogP contribution is 2.27. The number of carbonyl (C=O) groups is 1. The van der Waals surface area contributed by atoms with E-state index in [9.17, 15) is 4.79 Å². The molecule has 27 heavy (non-hydrogen) atoms. The normalized spacial score (nSPS) is 22.6. The smallest absolute Gasteiger partial charge is 0.276 e. The van der Waals surface area contributed by atoms with Gasteiger partial charge >= 0.3 is 0 Å². The van der Waals surface area contributed by atoms with Crippen LogP contribution >= 0.6 is 0 Å². The van der Waals surface area contributed by atoms with Crippen LogP contribution < -0.4 is 5.32 Å². The second-order valence-electron chi connectivity index (χ2n) is 8.36. The number of anilines is 1. The van der Waals surface area contributed by atoms with Gasteiger partial charge in [0.05, 0.1) is 0 Å². The van der Waals surface area contributed by atoms with Crippen molar-refractivity contribution in [2.75, 3.05) is 25.5 Å². The fourth-order valence-electron chi connectivity index (χ4n) is 4.64. The van der Waals surface area contributed by atoms with E-state index in [1.807, 2.05) is 12.1 Å². The van der Waals surface area contributed by atoms with E-state index in [1.165, 1.54) is 31.5 Å². The number of hydrogen-bond donors (Lipinski definition) is 2. The second kappa shape index (κ2) is 7.85. The summed E-state index contributed by atoms with van der Waals surface area (Å²) in [5, 5.41) is 10.2. The number of piperidine rings is 1. The molecular weight excluding hydrogens is 336 g/mol. The van der Waals surface area contributed by atoms with Crippen LogP contribution in [0.5, 0.6) is 0 Å². The summed E-state index contributed by atoms with van der Waals surface area (Å²) in [6.07, 6.45) is 6.72. The number of likely N-dealkylation sites (tertiary alicyclic amines) is 1. The van der Waals surface area contributed by atoms with Crippen LogP contribution in [-0.2, 0) is 19.3 Å². The van der Waals surface area contributed by atoms with Crippen LogP contribution in [0.4, 0.5) is 5.69 Å². The van der Waals surface area contributed by atoms with Gasteiger partial charge in [0, 0.05) is 23.5 Å². The zero-order valence-corrected chi connectivity index (χ0v) is 16.4. The molecule has 2 heterocycles. The van der Waals surface area contributed by atoms with Crippen molar-refractivity contribution in [2.24, 2.45) is 11.8 Å². The number of aromatic amines is 1. The minimum Gasteiger partial charge on any atom is -0.321 e. The average molecular weight is 367 g/mol. The molecule has 144 valence electrons. The Morgan fingerprint density at radius 2 is 2.11 bits per heavy atom. The molecule has 1 aliphatic carbocycles. The number of amides is 1. The van der Waals surface area contributed by atoms with Gasteiger partial charge in [0.15, 0.2) is 5.69 Å². The van der Waals surface area contributed by atoms with Gasteiger partial charge in [-0.15, -0.1) is 0 Å². The molecule has 0 radical (unpaired) electrons. The summed E-state index contributed by atoms with van der Waals surface area (Å²) >= 11 is 0. The van der Waals surface area contributed by atoms with E-state index >= 15 is 0 Å². The molecule has 1 amide bonds. The topological polar surface area (TPSA) is 61.0 Å². The number of hydrogen-bond acceptors (Lipinski definition) is 3. The minimum absolute atomic E-state index is 0.109. The number of carbonyl (C=O) groups excluding carboxylic acids is 1. The first-order valence-corrected chi connectivity index (χ1v) is 10.2. The lowest BCUT2D eigenvalue weighted by molar-refractivity contribution is 0.102. The van der Waals surface area contributed by atoms with Gasteiger partial charge in [0.1, 0.15) is 0 Å². The zero-order chi connectivity index (χ0) is 18.8. The molecule has 0 bridgehead atoms. The lowest BCUT2D eigenvalue weighted by atomic mass is 9.83. The number of nitrogens with zero attached hydrogens (tertiary/aromatic N) is 2. The van der Waals surface area contributed by atoms with E-state index in [4.69, 9.17) is 0 Å². The van der Waals surface area contributed by atoms with Crippen molar-refractivity contribution < 1.29 is 4.79 Å². The Kier molecular flexibility index (Phi) is 5.30. The van der Waals surface area contributed by atoms with Gasteiger partial charge in [0.25, 0.3) is 5.91 Å². The first-order chi connectivity index (χ1) is 13.1. The third kappa shape index (κ3) is 4.08. The molecule has 2 aromatic rings. The maximum atomic E-state index is 12.5. The summed E-state index contributed by atoms with van der Waals surface area (Å²) in [4.78, 5) is 15.0. The first-order valence-electron chi connectivity index (χ1n) is 10.2. The van der Waals surface area contributed by atoms with Crippen molar-refractivity contribution in [3.8, 4) is 0 Å². The zero-order valence-electron chi connectivity index (χ0n) is 16.4. The Morgan fingerprint density at radius 3 is 2.89 bits per heavy atom. The summed E-state index contributed by atoms with van der Waals surface area (Å²) in [5.41, 5.74) is 4.96. The van der Waals surface area contributed by atoms with Crippen LogP contribution in [0.3, 0.4) is 0 Å². The Balaban J connectivity index is 1.31. The van der Waals surface area contributed by atoms with Crippen LogP contribution in [0, 0.1) is 11.8 Å². The number of H-pyrrole nitrogens is 1. The van der Waals surface area contributed by atoms with E-state index in [1.54, 1.807) is 0 Å². The highest BCUT2D eigenvalue weighted by molar-refractivity contribution is 6.04. The molecule has 0 unspecified atom stereocenters. The van der Waals surface area contributed by atoms with Crippen molar-refractivity contribution >= 4 is 11.6 Å². The summed E-state index contributed by atoms with van der Waals surface area (Å²) < 4.78 is 0. The van der Waals surface area contributed by atoms with E-state index in [0.717, 1.165) is 54.5 Å². The average Bonchev–Trinajstić information content (AvgIpc) is 3.25. The van der Waals surface area contributed by atoms with E-state index in [-0.39, 0.29) is 5.91 Å². The van der Waals surface area contributed by atoms with Gasteiger partial charge < -0.3 is 10.2 Å². The summed E-state index contributed by atoms with van der Waals surface area (Å²) in [5.74, 6) is 1.49. The van der Waals surface area contributed by atoms with Gasteiger partial charge in [-0.05, 0) is 81.6 Å². The van der Waals surface area contributed by atoms with Gasteiger partial charge in [-0.3, -0.25) is 9.89 Å². The summed E-state index contributed by atoms with van der Waals surface area (Å²) in [6, 6.07) is 8.31. The van der Waals surface area contributed by atoms with Gasteiger partial charge in [-0.2, -0.15) is 5.10 Å². The van der Waals surface area contributed by atoms with Crippen molar-refractivity contribution in [1.29, 1.82) is 0 Å². The summed E-state index contributed by atoms with van der Waals surface area (Å²) in [6.45, 7) is 4.81. The SMILES string of the molecule is C[C@@H]1CN(C)CC[C@@H]1CCc1ccc(NC(=O)c2n[nH]c3c2CCC3)cc1. The molecular formula is C22H30N4O.